The van der Waals surface area contributed by atoms with Crippen molar-refractivity contribution in [3.63, 3.8) is 0 Å². The van der Waals surface area contributed by atoms with E-state index in [0.717, 1.165) is 35.9 Å². The molecule has 0 aromatic carbocycles. The predicted octanol–water partition coefficient (Wildman–Crippen LogP) is 2.14. The predicted molar refractivity (Wildman–Crippen MR) is 72.4 cm³/mol. The van der Waals surface area contributed by atoms with Crippen LogP contribution in [0.4, 0.5) is 0 Å². The number of nitrogens with one attached hydrogen (secondary N) is 1. The topological polar surface area (TPSA) is 50.7 Å². The minimum absolute atomic E-state index is 0.706. The number of aromatic nitrogens is 3. The maximum absolute atomic E-state index is 4.38. The molecule has 3 rings (SSSR count). The molecule has 0 amide bonds. The van der Waals surface area contributed by atoms with Crippen molar-refractivity contribution in [2.45, 2.75) is 19.3 Å². The highest BCUT2D eigenvalue weighted by Gasteiger charge is 2.14. The van der Waals surface area contributed by atoms with Crippen molar-refractivity contribution in [3.05, 3.63) is 29.7 Å². The lowest BCUT2D eigenvalue weighted by atomic mass is 9.94. The molecule has 1 N–H and O–H groups in total. The molecular weight excluding hydrogens is 244 g/mol. The van der Waals surface area contributed by atoms with Crippen LogP contribution in [0.1, 0.15) is 18.5 Å². The number of hydrogen-bond acceptors (Lipinski definition) is 5. The van der Waals surface area contributed by atoms with E-state index in [0.29, 0.717) is 5.92 Å². The summed E-state index contributed by atoms with van der Waals surface area (Å²) in [5, 5.41) is 6.39. The standard InChI is InChI=1S/C13H16N4S/c1-2-10(8-14-3-1)6-11-7-12(17-9-16-11)13-15-4-5-18-13/h4-5,7,9-10,14H,1-3,6,8H2. The van der Waals surface area contributed by atoms with Crippen LogP contribution in [-0.2, 0) is 6.42 Å². The monoisotopic (exact) mass is 260 g/mol. The average molecular weight is 260 g/mol. The Bertz CT molecular complexity index is 491. The molecular formula is C13H16N4S. The minimum Gasteiger partial charge on any atom is -0.316 e. The zero-order valence-electron chi connectivity index (χ0n) is 10.2. The Morgan fingerprint density at radius 1 is 1.33 bits per heavy atom. The Morgan fingerprint density at radius 2 is 2.33 bits per heavy atom. The lowest BCUT2D eigenvalue weighted by Gasteiger charge is -2.22. The zero-order chi connectivity index (χ0) is 12.2. The largest absolute Gasteiger partial charge is 0.316 e. The second-order valence-corrected chi connectivity index (χ2v) is 5.54. The normalized spacial score (nSPS) is 19.9. The number of nitrogens with zero attached hydrogens (tertiary/aromatic N) is 3. The van der Waals surface area contributed by atoms with Crippen molar-refractivity contribution in [2.24, 2.45) is 5.92 Å². The molecule has 0 saturated carbocycles. The molecule has 0 bridgehead atoms. The highest BCUT2D eigenvalue weighted by molar-refractivity contribution is 7.13. The fourth-order valence-electron chi connectivity index (χ4n) is 2.37. The maximum atomic E-state index is 4.38. The highest BCUT2D eigenvalue weighted by Crippen LogP contribution is 2.21. The molecule has 1 unspecified atom stereocenters. The van der Waals surface area contributed by atoms with Crippen LogP contribution in [0.25, 0.3) is 10.7 Å². The van der Waals surface area contributed by atoms with Crippen LogP contribution in [-0.4, -0.2) is 28.0 Å². The first-order valence-electron chi connectivity index (χ1n) is 6.33. The van der Waals surface area contributed by atoms with E-state index in [4.69, 9.17) is 0 Å². The van der Waals surface area contributed by atoms with Gasteiger partial charge in [-0.2, -0.15) is 0 Å². The molecule has 0 radical (unpaired) electrons. The van der Waals surface area contributed by atoms with Crippen LogP contribution in [0, 0.1) is 5.92 Å². The Balaban J connectivity index is 1.74. The first-order valence-corrected chi connectivity index (χ1v) is 7.21. The zero-order valence-corrected chi connectivity index (χ0v) is 11.0. The summed E-state index contributed by atoms with van der Waals surface area (Å²) in [6.45, 7) is 2.27. The Kier molecular flexibility index (Phi) is 3.61. The van der Waals surface area contributed by atoms with Gasteiger partial charge in [-0.05, 0) is 44.3 Å². The van der Waals surface area contributed by atoms with Gasteiger partial charge in [-0.25, -0.2) is 15.0 Å². The summed E-state index contributed by atoms with van der Waals surface area (Å²) in [7, 11) is 0. The van der Waals surface area contributed by atoms with Gasteiger partial charge in [0.1, 0.15) is 17.0 Å². The average Bonchev–Trinajstić information content (AvgIpc) is 2.94. The molecule has 2 aromatic heterocycles. The van der Waals surface area contributed by atoms with Crippen molar-refractivity contribution in [3.8, 4) is 10.7 Å². The van der Waals surface area contributed by atoms with Gasteiger partial charge in [-0.3, -0.25) is 0 Å². The molecule has 3 heterocycles. The fraction of sp³-hybridized carbons (Fsp3) is 0.462. The quantitative estimate of drug-likeness (QED) is 0.918. The molecule has 0 spiro atoms. The number of thiazole rings is 1. The first kappa shape index (κ1) is 11.7. The summed E-state index contributed by atoms with van der Waals surface area (Å²) in [4.78, 5) is 13.0. The van der Waals surface area contributed by atoms with E-state index in [1.54, 1.807) is 17.7 Å². The molecule has 18 heavy (non-hydrogen) atoms. The fourth-order valence-corrected chi connectivity index (χ4v) is 2.97. The van der Waals surface area contributed by atoms with Gasteiger partial charge in [0.05, 0.1) is 0 Å². The lowest BCUT2D eigenvalue weighted by Crippen LogP contribution is -2.31. The molecule has 2 aromatic rings. The first-order chi connectivity index (χ1) is 8.92. The number of hydrogen-bond donors (Lipinski definition) is 1. The van der Waals surface area contributed by atoms with Gasteiger partial charge >= 0.3 is 0 Å². The van der Waals surface area contributed by atoms with Gasteiger partial charge in [0, 0.05) is 17.3 Å². The second kappa shape index (κ2) is 5.54. The summed E-state index contributed by atoms with van der Waals surface area (Å²) in [6.07, 6.45) is 7.07. The molecule has 0 aliphatic carbocycles. The molecule has 94 valence electrons. The summed E-state index contributed by atoms with van der Waals surface area (Å²) in [5.41, 5.74) is 2.07. The third-order valence-electron chi connectivity index (χ3n) is 3.27. The van der Waals surface area contributed by atoms with Crippen LogP contribution in [0.15, 0.2) is 24.0 Å². The number of piperidine rings is 1. The van der Waals surface area contributed by atoms with Crippen LogP contribution < -0.4 is 5.32 Å². The summed E-state index contributed by atoms with van der Waals surface area (Å²) in [5.74, 6) is 0.706. The van der Waals surface area contributed by atoms with E-state index >= 15 is 0 Å². The summed E-state index contributed by atoms with van der Waals surface area (Å²) < 4.78 is 0. The smallest absolute Gasteiger partial charge is 0.141 e. The van der Waals surface area contributed by atoms with E-state index in [1.807, 2.05) is 11.6 Å². The molecule has 4 nitrogen and oxygen atoms in total. The third-order valence-corrected chi connectivity index (χ3v) is 4.07. The van der Waals surface area contributed by atoms with Gasteiger partial charge in [0.2, 0.25) is 0 Å². The molecule has 1 aliphatic heterocycles. The minimum atomic E-state index is 0.706. The van der Waals surface area contributed by atoms with Crippen LogP contribution in [0.5, 0.6) is 0 Å². The van der Waals surface area contributed by atoms with Crippen LogP contribution in [0.2, 0.25) is 0 Å². The molecule has 1 atom stereocenters. The molecule has 1 aliphatic rings. The van der Waals surface area contributed by atoms with Gasteiger partial charge in [0.15, 0.2) is 0 Å². The van der Waals surface area contributed by atoms with Gasteiger partial charge < -0.3 is 5.32 Å². The van der Waals surface area contributed by atoms with Crippen molar-refractivity contribution in [1.82, 2.24) is 20.3 Å². The summed E-state index contributed by atoms with van der Waals surface area (Å²) >= 11 is 1.62. The van der Waals surface area contributed by atoms with Crippen molar-refractivity contribution >= 4 is 11.3 Å². The number of rotatable bonds is 3. The Hall–Kier alpha value is -1.33. The van der Waals surface area contributed by atoms with Crippen LogP contribution >= 0.6 is 11.3 Å². The lowest BCUT2D eigenvalue weighted by molar-refractivity contribution is 0.373. The van der Waals surface area contributed by atoms with Gasteiger partial charge in [-0.15, -0.1) is 11.3 Å². The SMILES string of the molecule is c1nc(CC2CCCNC2)cc(-c2nccs2)n1. The Labute approximate surface area is 111 Å². The third kappa shape index (κ3) is 2.73. The molecule has 1 fully saturated rings. The van der Waals surface area contributed by atoms with Gasteiger partial charge in [0.25, 0.3) is 0 Å². The summed E-state index contributed by atoms with van der Waals surface area (Å²) in [6, 6.07) is 2.08. The van der Waals surface area contributed by atoms with Crippen molar-refractivity contribution in [1.29, 1.82) is 0 Å². The van der Waals surface area contributed by atoms with E-state index in [-0.39, 0.29) is 0 Å². The van der Waals surface area contributed by atoms with Crippen molar-refractivity contribution in [2.75, 3.05) is 13.1 Å². The highest BCUT2D eigenvalue weighted by atomic mass is 32.1. The molecule has 5 heteroatoms. The van der Waals surface area contributed by atoms with E-state index in [9.17, 15) is 0 Å². The van der Waals surface area contributed by atoms with E-state index in [2.05, 4.69) is 26.3 Å². The molecule has 1 saturated heterocycles. The Morgan fingerprint density at radius 3 is 3.11 bits per heavy atom. The van der Waals surface area contributed by atoms with Gasteiger partial charge in [-0.1, -0.05) is 0 Å². The van der Waals surface area contributed by atoms with E-state index in [1.165, 1.54) is 12.8 Å². The van der Waals surface area contributed by atoms with Crippen LogP contribution in [0.3, 0.4) is 0 Å². The van der Waals surface area contributed by atoms with Crippen molar-refractivity contribution < 1.29 is 0 Å². The maximum Gasteiger partial charge on any atom is 0.141 e. The second-order valence-electron chi connectivity index (χ2n) is 4.65. The van der Waals surface area contributed by atoms with E-state index < -0.39 is 0 Å².